The third kappa shape index (κ3) is 5.70. The second kappa shape index (κ2) is 7.50. The van der Waals surface area contributed by atoms with Crippen LogP contribution in [-0.4, -0.2) is 24.5 Å². The quantitative estimate of drug-likeness (QED) is 0.399. The van der Waals surface area contributed by atoms with E-state index < -0.39 is 11.9 Å². The van der Waals surface area contributed by atoms with Crippen LogP contribution in [0.2, 0.25) is 0 Å². The van der Waals surface area contributed by atoms with Gasteiger partial charge in [0.15, 0.2) is 0 Å². The molecule has 0 rings (SSSR count). The van der Waals surface area contributed by atoms with Crippen molar-refractivity contribution in [1.29, 1.82) is 0 Å². The third-order valence-electron chi connectivity index (χ3n) is 1.86. The molecule has 1 N–H and O–H groups in total. The number of carbonyl (C=O) groups excluding carboxylic acids is 2. The largest absolute Gasteiger partial charge is 0.392 e. The fraction of sp³-hybridized carbons (Fsp3) is 0.800. The number of carbonyl (C=O) groups is 2. The average molecular weight is 201 g/mol. The van der Waals surface area contributed by atoms with Crippen molar-refractivity contribution < 1.29 is 14.3 Å². The number of hydrogen-bond acceptors (Lipinski definition) is 4. The zero-order valence-electron chi connectivity index (χ0n) is 9.13. The first-order chi connectivity index (χ1) is 6.61. The molecule has 0 aromatic heterocycles. The molecule has 0 bridgehead atoms. The Morgan fingerprint density at radius 2 is 2.00 bits per heavy atom. The van der Waals surface area contributed by atoms with Crippen molar-refractivity contribution in [2.75, 3.05) is 6.54 Å². The zero-order chi connectivity index (χ0) is 11.0. The highest BCUT2D eigenvalue weighted by atomic mass is 16.6. The Morgan fingerprint density at radius 3 is 2.43 bits per heavy atom. The first kappa shape index (κ1) is 13.1. The summed E-state index contributed by atoms with van der Waals surface area (Å²) in [6.07, 6.45) is 2.73. The van der Waals surface area contributed by atoms with Crippen molar-refractivity contribution in [3.63, 3.8) is 0 Å². The molecule has 14 heavy (non-hydrogen) atoms. The summed E-state index contributed by atoms with van der Waals surface area (Å²) in [5.41, 5.74) is 0. The lowest BCUT2D eigenvalue weighted by atomic mass is 10.2. The smallest absolute Gasteiger partial charge is 0.330 e. The summed E-state index contributed by atoms with van der Waals surface area (Å²) in [5.74, 6) is -1.03. The van der Waals surface area contributed by atoms with Crippen molar-refractivity contribution in [3.05, 3.63) is 0 Å². The van der Waals surface area contributed by atoms with E-state index >= 15 is 0 Å². The zero-order valence-corrected chi connectivity index (χ0v) is 9.13. The summed E-state index contributed by atoms with van der Waals surface area (Å²) in [7, 11) is 0. The van der Waals surface area contributed by atoms with E-state index in [-0.39, 0.29) is 6.04 Å². The molecule has 0 aliphatic heterocycles. The number of ether oxygens (including phenoxy) is 1. The normalized spacial score (nSPS) is 12.2. The van der Waals surface area contributed by atoms with E-state index in [0.717, 1.165) is 19.4 Å². The molecule has 4 heteroatoms. The van der Waals surface area contributed by atoms with Crippen molar-refractivity contribution in [3.8, 4) is 0 Å². The maximum Gasteiger partial charge on any atom is 0.330 e. The molecule has 82 valence electrons. The number of nitrogens with one attached hydrogen (secondary N) is 1. The minimum absolute atomic E-state index is 0.356. The summed E-state index contributed by atoms with van der Waals surface area (Å²) in [6, 6.07) is -0.356. The van der Waals surface area contributed by atoms with Crippen molar-refractivity contribution in [2.24, 2.45) is 0 Å². The summed E-state index contributed by atoms with van der Waals surface area (Å²) < 4.78 is 4.49. The first-order valence-corrected chi connectivity index (χ1v) is 5.07. The van der Waals surface area contributed by atoms with Gasteiger partial charge in [0.25, 0.3) is 0 Å². The van der Waals surface area contributed by atoms with Crippen LogP contribution in [0.5, 0.6) is 0 Å². The summed E-state index contributed by atoms with van der Waals surface area (Å²) in [6.45, 7) is 5.97. The van der Waals surface area contributed by atoms with Crippen molar-refractivity contribution >= 4 is 11.9 Å². The predicted molar refractivity (Wildman–Crippen MR) is 53.8 cm³/mol. The molecule has 0 spiro atoms. The molecule has 1 unspecified atom stereocenters. The highest BCUT2D eigenvalue weighted by Crippen LogP contribution is 1.96. The Morgan fingerprint density at radius 1 is 1.36 bits per heavy atom. The van der Waals surface area contributed by atoms with Crippen LogP contribution in [0.3, 0.4) is 0 Å². The third-order valence-corrected chi connectivity index (χ3v) is 1.86. The molecular weight excluding hydrogens is 182 g/mol. The molecule has 0 aromatic carbocycles. The van der Waals surface area contributed by atoms with Crippen LogP contribution < -0.4 is 5.32 Å². The van der Waals surface area contributed by atoms with Crippen molar-refractivity contribution in [2.45, 2.75) is 46.1 Å². The lowest BCUT2D eigenvalue weighted by Crippen LogP contribution is -2.38. The van der Waals surface area contributed by atoms with Gasteiger partial charge in [-0.3, -0.25) is 4.79 Å². The number of esters is 2. The molecule has 0 aliphatic rings. The van der Waals surface area contributed by atoms with Gasteiger partial charge in [0.1, 0.15) is 6.04 Å². The Labute approximate surface area is 85.0 Å². The summed E-state index contributed by atoms with van der Waals surface area (Å²) in [5, 5.41) is 3.05. The van der Waals surface area contributed by atoms with Crippen LogP contribution >= 0.6 is 0 Å². The molecule has 0 saturated heterocycles. The standard InChI is InChI=1S/C10H19NO3/c1-4-6-7-11-9(5-2)10(13)14-8(3)12/h9,11H,4-7H2,1-3H3. The molecule has 1 atom stereocenters. The van der Waals surface area contributed by atoms with Gasteiger partial charge in [-0.25, -0.2) is 4.79 Å². The Hall–Kier alpha value is -0.900. The maximum atomic E-state index is 11.3. The van der Waals surface area contributed by atoms with Crippen LogP contribution in [0.15, 0.2) is 0 Å². The van der Waals surface area contributed by atoms with Crippen LogP contribution in [0.4, 0.5) is 0 Å². The van der Waals surface area contributed by atoms with Gasteiger partial charge >= 0.3 is 11.9 Å². The molecule has 0 heterocycles. The Balaban J connectivity index is 3.86. The second-order valence-electron chi connectivity index (χ2n) is 3.18. The van der Waals surface area contributed by atoms with Crippen LogP contribution in [0.1, 0.15) is 40.0 Å². The van der Waals surface area contributed by atoms with E-state index in [9.17, 15) is 9.59 Å². The minimum Gasteiger partial charge on any atom is -0.392 e. The van der Waals surface area contributed by atoms with Gasteiger partial charge in [0, 0.05) is 6.92 Å². The topological polar surface area (TPSA) is 55.4 Å². The van der Waals surface area contributed by atoms with E-state index in [1.807, 2.05) is 6.92 Å². The molecule has 0 saturated carbocycles. The summed E-state index contributed by atoms with van der Waals surface area (Å²) in [4.78, 5) is 21.8. The summed E-state index contributed by atoms with van der Waals surface area (Å²) >= 11 is 0. The highest BCUT2D eigenvalue weighted by molar-refractivity contribution is 5.87. The second-order valence-corrected chi connectivity index (χ2v) is 3.18. The minimum atomic E-state index is -0.550. The van der Waals surface area contributed by atoms with E-state index in [0.29, 0.717) is 6.42 Å². The maximum absolute atomic E-state index is 11.3. The van der Waals surface area contributed by atoms with E-state index in [4.69, 9.17) is 0 Å². The highest BCUT2D eigenvalue weighted by Gasteiger charge is 2.18. The molecule has 0 radical (unpaired) electrons. The molecule has 0 amide bonds. The molecule has 0 aromatic rings. The predicted octanol–water partition coefficient (Wildman–Crippen LogP) is 1.24. The van der Waals surface area contributed by atoms with Crippen molar-refractivity contribution in [1.82, 2.24) is 5.32 Å². The van der Waals surface area contributed by atoms with Gasteiger partial charge in [0.2, 0.25) is 0 Å². The van der Waals surface area contributed by atoms with Gasteiger partial charge in [-0.05, 0) is 19.4 Å². The van der Waals surface area contributed by atoms with Gasteiger partial charge in [0.05, 0.1) is 0 Å². The van der Waals surface area contributed by atoms with Crippen LogP contribution in [0, 0.1) is 0 Å². The number of hydrogen-bond donors (Lipinski definition) is 1. The number of rotatable bonds is 6. The van der Waals surface area contributed by atoms with Gasteiger partial charge in [-0.2, -0.15) is 0 Å². The van der Waals surface area contributed by atoms with Crippen LogP contribution in [0.25, 0.3) is 0 Å². The lowest BCUT2D eigenvalue weighted by Gasteiger charge is -2.13. The molecule has 0 fully saturated rings. The fourth-order valence-electron chi connectivity index (χ4n) is 1.06. The van der Waals surface area contributed by atoms with E-state index in [1.54, 1.807) is 0 Å². The fourth-order valence-corrected chi connectivity index (χ4v) is 1.06. The molecule has 4 nitrogen and oxygen atoms in total. The van der Waals surface area contributed by atoms with Crippen LogP contribution in [-0.2, 0) is 14.3 Å². The molecular formula is C10H19NO3. The monoisotopic (exact) mass is 201 g/mol. The average Bonchev–Trinajstić information content (AvgIpc) is 2.11. The SMILES string of the molecule is CCCCNC(CC)C(=O)OC(C)=O. The van der Waals surface area contributed by atoms with Gasteiger partial charge in [-0.15, -0.1) is 0 Å². The molecule has 0 aliphatic carbocycles. The van der Waals surface area contributed by atoms with E-state index in [1.165, 1.54) is 6.92 Å². The number of unbranched alkanes of at least 4 members (excludes halogenated alkanes) is 1. The Bertz CT molecular complexity index is 192. The first-order valence-electron chi connectivity index (χ1n) is 5.07. The lowest BCUT2D eigenvalue weighted by molar-refractivity contribution is -0.159. The van der Waals surface area contributed by atoms with E-state index in [2.05, 4.69) is 17.0 Å². The van der Waals surface area contributed by atoms with Gasteiger partial charge in [-0.1, -0.05) is 20.3 Å². The van der Waals surface area contributed by atoms with Gasteiger partial charge < -0.3 is 10.1 Å². The Kier molecular flexibility index (Phi) is 7.02.